The van der Waals surface area contributed by atoms with E-state index in [2.05, 4.69) is 18.7 Å². The summed E-state index contributed by atoms with van der Waals surface area (Å²) in [6.45, 7) is 5.85. The molecule has 1 saturated carbocycles. The monoisotopic (exact) mass is 279 g/mol. The van der Waals surface area contributed by atoms with Crippen LogP contribution in [0.15, 0.2) is 22.8 Å². The number of carboxylic acids is 1. The summed E-state index contributed by atoms with van der Waals surface area (Å²) < 4.78 is 5.42. The second kappa shape index (κ2) is 6.93. The summed E-state index contributed by atoms with van der Waals surface area (Å²) in [5, 5.41) is 9.49. The van der Waals surface area contributed by atoms with Gasteiger partial charge in [0.2, 0.25) is 0 Å². The molecule has 0 aliphatic heterocycles. The maximum Gasteiger partial charge on any atom is 0.308 e. The lowest BCUT2D eigenvalue weighted by molar-refractivity contribution is -0.146. The van der Waals surface area contributed by atoms with Crippen LogP contribution >= 0.6 is 0 Å². The Kier molecular flexibility index (Phi) is 5.24. The van der Waals surface area contributed by atoms with Crippen LogP contribution in [-0.2, 0) is 11.3 Å². The summed E-state index contributed by atoms with van der Waals surface area (Å²) in [5.41, 5.74) is 0. The lowest BCUT2D eigenvalue weighted by Crippen LogP contribution is -2.46. The van der Waals surface area contributed by atoms with E-state index >= 15 is 0 Å². The summed E-state index contributed by atoms with van der Waals surface area (Å²) in [6.07, 6.45) is 5.65. The average Bonchev–Trinajstić information content (AvgIpc) is 2.97. The van der Waals surface area contributed by atoms with Gasteiger partial charge in [-0.25, -0.2) is 0 Å². The van der Waals surface area contributed by atoms with Gasteiger partial charge in [-0.2, -0.15) is 0 Å². The Morgan fingerprint density at radius 2 is 2.25 bits per heavy atom. The van der Waals surface area contributed by atoms with Crippen molar-refractivity contribution in [2.24, 2.45) is 11.8 Å². The summed E-state index contributed by atoms with van der Waals surface area (Å²) in [4.78, 5) is 13.8. The van der Waals surface area contributed by atoms with E-state index in [1.54, 1.807) is 6.26 Å². The molecule has 0 radical (unpaired) electrons. The van der Waals surface area contributed by atoms with E-state index in [1.165, 1.54) is 0 Å². The van der Waals surface area contributed by atoms with Crippen LogP contribution in [-0.4, -0.2) is 28.6 Å². The van der Waals surface area contributed by atoms with Gasteiger partial charge in [-0.1, -0.05) is 20.3 Å². The SMILES string of the molecule is CCC1CCC(C(=O)O)C(N(CC)Cc2ccco2)C1. The first-order valence-corrected chi connectivity index (χ1v) is 7.64. The van der Waals surface area contributed by atoms with Crippen molar-refractivity contribution in [2.45, 2.75) is 52.1 Å². The van der Waals surface area contributed by atoms with Gasteiger partial charge in [0.15, 0.2) is 0 Å². The van der Waals surface area contributed by atoms with Gasteiger partial charge in [0, 0.05) is 6.04 Å². The van der Waals surface area contributed by atoms with Crippen LogP contribution in [0.1, 0.15) is 45.3 Å². The van der Waals surface area contributed by atoms with Crippen LogP contribution in [0.5, 0.6) is 0 Å². The zero-order valence-electron chi connectivity index (χ0n) is 12.4. The third-order valence-corrected chi connectivity index (χ3v) is 4.63. The van der Waals surface area contributed by atoms with Gasteiger partial charge in [-0.3, -0.25) is 9.69 Å². The number of hydrogen-bond acceptors (Lipinski definition) is 3. The maximum atomic E-state index is 11.5. The summed E-state index contributed by atoms with van der Waals surface area (Å²) in [6, 6.07) is 3.97. The highest BCUT2D eigenvalue weighted by Gasteiger charge is 2.37. The van der Waals surface area contributed by atoms with Gasteiger partial charge in [0.05, 0.1) is 18.7 Å². The van der Waals surface area contributed by atoms with Crippen molar-refractivity contribution in [1.29, 1.82) is 0 Å². The van der Waals surface area contributed by atoms with E-state index in [4.69, 9.17) is 4.42 Å². The Bertz CT molecular complexity index is 415. The largest absolute Gasteiger partial charge is 0.481 e. The zero-order chi connectivity index (χ0) is 14.5. The maximum absolute atomic E-state index is 11.5. The van der Waals surface area contributed by atoms with E-state index in [0.717, 1.165) is 38.0 Å². The molecule has 1 fully saturated rings. The minimum Gasteiger partial charge on any atom is -0.481 e. The highest BCUT2D eigenvalue weighted by molar-refractivity contribution is 5.71. The van der Waals surface area contributed by atoms with Gasteiger partial charge >= 0.3 is 5.97 Å². The fraction of sp³-hybridized carbons (Fsp3) is 0.688. The van der Waals surface area contributed by atoms with Gasteiger partial charge in [-0.05, 0) is 43.9 Å². The molecule has 1 aliphatic rings. The van der Waals surface area contributed by atoms with Crippen molar-refractivity contribution >= 4 is 5.97 Å². The predicted molar refractivity (Wildman–Crippen MR) is 77.3 cm³/mol. The number of aliphatic carboxylic acids is 1. The van der Waals surface area contributed by atoms with Crippen LogP contribution in [0, 0.1) is 11.8 Å². The summed E-state index contributed by atoms with van der Waals surface area (Å²) >= 11 is 0. The zero-order valence-corrected chi connectivity index (χ0v) is 12.4. The highest BCUT2D eigenvalue weighted by atomic mass is 16.4. The molecule has 1 aromatic rings. The van der Waals surface area contributed by atoms with E-state index < -0.39 is 5.97 Å². The Morgan fingerprint density at radius 1 is 1.45 bits per heavy atom. The van der Waals surface area contributed by atoms with Gasteiger partial charge in [-0.15, -0.1) is 0 Å². The Labute approximate surface area is 120 Å². The third kappa shape index (κ3) is 3.42. The lowest BCUT2D eigenvalue weighted by Gasteiger charge is -2.40. The first kappa shape index (κ1) is 15.1. The second-order valence-corrected chi connectivity index (χ2v) is 5.74. The lowest BCUT2D eigenvalue weighted by atomic mass is 9.76. The Balaban J connectivity index is 2.11. The smallest absolute Gasteiger partial charge is 0.308 e. The number of carbonyl (C=O) groups is 1. The average molecular weight is 279 g/mol. The van der Waals surface area contributed by atoms with Crippen LogP contribution in [0.3, 0.4) is 0 Å². The summed E-state index contributed by atoms with van der Waals surface area (Å²) in [5.74, 6) is 0.672. The minimum absolute atomic E-state index is 0.126. The topological polar surface area (TPSA) is 53.7 Å². The minimum atomic E-state index is -0.651. The molecule has 1 N–H and O–H groups in total. The molecule has 20 heavy (non-hydrogen) atoms. The molecule has 0 spiro atoms. The molecule has 2 rings (SSSR count). The first-order chi connectivity index (χ1) is 9.65. The second-order valence-electron chi connectivity index (χ2n) is 5.74. The number of rotatable bonds is 6. The van der Waals surface area contributed by atoms with Gasteiger partial charge < -0.3 is 9.52 Å². The molecule has 4 nitrogen and oxygen atoms in total. The Hall–Kier alpha value is -1.29. The number of hydrogen-bond donors (Lipinski definition) is 1. The van der Waals surface area contributed by atoms with Crippen molar-refractivity contribution in [3.8, 4) is 0 Å². The van der Waals surface area contributed by atoms with Crippen LogP contribution in [0.2, 0.25) is 0 Å². The quantitative estimate of drug-likeness (QED) is 0.867. The molecule has 3 atom stereocenters. The molecule has 3 unspecified atom stereocenters. The first-order valence-electron chi connectivity index (χ1n) is 7.64. The van der Waals surface area contributed by atoms with Crippen molar-refractivity contribution in [3.63, 3.8) is 0 Å². The molecule has 0 amide bonds. The number of nitrogens with zero attached hydrogens (tertiary/aromatic N) is 1. The molecule has 1 heterocycles. The fourth-order valence-corrected chi connectivity index (χ4v) is 3.36. The van der Waals surface area contributed by atoms with E-state index in [0.29, 0.717) is 12.5 Å². The Morgan fingerprint density at radius 3 is 2.80 bits per heavy atom. The van der Waals surface area contributed by atoms with Crippen molar-refractivity contribution < 1.29 is 14.3 Å². The van der Waals surface area contributed by atoms with Crippen LogP contribution in [0.4, 0.5) is 0 Å². The van der Waals surface area contributed by atoms with Crippen LogP contribution in [0.25, 0.3) is 0 Å². The van der Waals surface area contributed by atoms with Crippen molar-refractivity contribution in [1.82, 2.24) is 4.90 Å². The van der Waals surface area contributed by atoms with Gasteiger partial charge in [0.1, 0.15) is 5.76 Å². The molecule has 0 bridgehead atoms. The van der Waals surface area contributed by atoms with E-state index in [1.807, 2.05) is 12.1 Å². The predicted octanol–water partition coefficient (Wildman–Crippen LogP) is 3.38. The van der Waals surface area contributed by atoms with Gasteiger partial charge in [0.25, 0.3) is 0 Å². The van der Waals surface area contributed by atoms with Crippen molar-refractivity contribution in [3.05, 3.63) is 24.2 Å². The standard InChI is InChI=1S/C16H25NO3/c1-3-12-7-8-14(16(18)19)15(10-12)17(4-2)11-13-6-5-9-20-13/h5-6,9,12,14-15H,3-4,7-8,10-11H2,1-2H3,(H,18,19). The number of carboxylic acid groups (broad SMARTS) is 1. The molecule has 4 heteroatoms. The molecule has 112 valence electrons. The molecule has 0 aromatic carbocycles. The number of furan rings is 1. The molecular weight excluding hydrogens is 254 g/mol. The molecule has 1 aromatic heterocycles. The van der Waals surface area contributed by atoms with E-state index in [9.17, 15) is 9.90 Å². The molecule has 0 saturated heterocycles. The molecule has 1 aliphatic carbocycles. The van der Waals surface area contributed by atoms with E-state index in [-0.39, 0.29) is 12.0 Å². The van der Waals surface area contributed by atoms with Crippen molar-refractivity contribution in [2.75, 3.05) is 6.54 Å². The third-order valence-electron chi connectivity index (χ3n) is 4.63. The van der Waals surface area contributed by atoms with Crippen LogP contribution < -0.4 is 0 Å². The summed E-state index contributed by atoms with van der Waals surface area (Å²) in [7, 11) is 0. The fourth-order valence-electron chi connectivity index (χ4n) is 3.36. The normalized spacial score (nSPS) is 26.9. The molecular formula is C16H25NO3. The highest BCUT2D eigenvalue weighted by Crippen LogP contribution is 2.34.